The largest absolute Gasteiger partial charge is 0.768 e. The highest BCUT2D eigenvalue weighted by atomic mass is 32.2. The zero-order valence-electron chi connectivity index (χ0n) is 17.2. The molecule has 4 aromatic rings. The van der Waals surface area contributed by atoms with Crippen molar-refractivity contribution >= 4 is 68.7 Å². The standard InChI is InChI=1S/C12H11N3S.C12H9NO2S2/c13-7-1-3-9-11(5-7)16-12-6-8(14)2-4-10(12)15-9;14-17(15)8-5-6-10-12(7-8)16-11-4-2-1-3-9(11)13-10/h1-6,15H,13-14H2;1-7,13H,(H,14,15)/p-1. The lowest BCUT2D eigenvalue weighted by molar-refractivity contribution is 0.537. The Balaban J connectivity index is 0.000000139. The number of nitrogen functional groups attached to an aromatic ring is 2. The number of anilines is 6. The number of hydrogen-bond donors (Lipinski definition) is 4. The van der Waals surface area contributed by atoms with Crippen molar-refractivity contribution in [3.63, 3.8) is 0 Å². The molecule has 6 N–H and O–H groups in total. The van der Waals surface area contributed by atoms with Crippen LogP contribution in [0.4, 0.5) is 34.1 Å². The Morgan fingerprint density at radius 2 is 1.12 bits per heavy atom. The fourth-order valence-electron chi connectivity index (χ4n) is 3.43. The zero-order valence-corrected chi connectivity index (χ0v) is 19.7. The summed E-state index contributed by atoms with van der Waals surface area (Å²) >= 11 is 1.09. The van der Waals surface area contributed by atoms with E-state index in [1.807, 2.05) is 60.7 Å². The molecular formula is C24H19N4O2S3-. The predicted molar refractivity (Wildman–Crippen MR) is 137 cm³/mol. The molecule has 6 rings (SSSR count). The monoisotopic (exact) mass is 491 g/mol. The Labute approximate surface area is 202 Å². The number of rotatable bonds is 1. The Kier molecular flexibility index (Phi) is 5.94. The van der Waals surface area contributed by atoms with Gasteiger partial charge in [-0.05, 0) is 77.8 Å². The molecule has 0 bridgehead atoms. The van der Waals surface area contributed by atoms with Gasteiger partial charge in [-0.2, -0.15) is 0 Å². The SMILES string of the molecule is Nc1ccc2c(c1)Sc1cc(N)ccc1N2.O=S([O-])c1ccc2c(c1)Sc1ccccc1N2. The maximum absolute atomic E-state index is 10.9. The molecule has 2 aliphatic heterocycles. The molecule has 0 aromatic heterocycles. The van der Waals surface area contributed by atoms with Gasteiger partial charge in [-0.1, -0.05) is 35.7 Å². The average Bonchev–Trinajstić information content (AvgIpc) is 2.81. The summed E-state index contributed by atoms with van der Waals surface area (Å²) in [4.78, 5) is 4.63. The van der Waals surface area contributed by atoms with E-state index in [-0.39, 0.29) is 0 Å². The molecule has 0 amide bonds. The maximum atomic E-state index is 10.9. The van der Waals surface area contributed by atoms with Crippen molar-refractivity contribution in [2.75, 3.05) is 22.1 Å². The third kappa shape index (κ3) is 4.67. The Bertz CT molecular complexity index is 1340. The van der Waals surface area contributed by atoms with Gasteiger partial charge >= 0.3 is 0 Å². The molecule has 0 saturated heterocycles. The summed E-state index contributed by atoms with van der Waals surface area (Å²) in [5.41, 5.74) is 17.3. The molecule has 0 aliphatic carbocycles. The van der Waals surface area contributed by atoms with Crippen molar-refractivity contribution in [3.8, 4) is 0 Å². The van der Waals surface area contributed by atoms with Crippen molar-refractivity contribution in [1.29, 1.82) is 0 Å². The Morgan fingerprint density at radius 3 is 1.73 bits per heavy atom. The second kappa shape index (κ2) is 9.03. The lowest BCUT2D eigenvalue weighted by atomic mass is 10.2. The highest BCUT2D eigenvalue weighted by Crippen LogP contribution is 2.46. The second-order valence-corrected chi connectivity index (χ2v) is 10.5. The van der Waals surface area contributed by atoms with Crippen molar-refractivity contribution in [3.05, 3.63) is 78.9 Å². The molecule has 1 unspecified atom stereocenters. The van der Waals surface area contributed by atoms with Crippen LogP contribution in [0, 0.1) is 0 Å². The van der Waals surface area contributed by atoms with E-state index in [1.165, 1.54) is 0 Å². The van der Waals surface area contributed by atoms with Crippen LogP contribution in [0.2, 0.25) is 0 Å². The molecule has 2 heterocycles. The van der Waals surface area contributed by atoms with Gasteiger partial charge in [0.25, 0.3) is 0 Å². The highest BCUT2D eigenvalue weighted by Gasteiger charge is 2.16. The van der Waals surface area contributed by atoms with Gasteiger partial charge in [0.15, 0.2) is 0 Å². The van der Waals surface area contributed by atoms with Gasteiger partial charge in [0.2, 0.25) is 0 Å². The summed E-state index contributed by atoms with van der Waals surface area (Å²) < 4.78 is 21.8. The van der Waals surface area contributed by atoms with Gasteiger partial charge in [-0.25, -0.2) is 0 Å². The fourth-order valence-corrected chi connectivity index (χ4v) is 6.01. The van der Waals surface area contributed by atoms with Crippen LogP contribution in [-0.2, 0) is 11.1 Å². The number of nitrogens with one attached hydrogen (secondary N) is 2. The van der Waals surface area contributed by atoms with E-state index in [0.717, 1.165) is 53.7 Å². The molecule has 0 saturated carbocycles. The smallest absolute Gasteiger partial charge is 0.0527 e. The third-order valence-electron chi connectivity index (χ3n) is 5.02. The van der Waals surface area contributed by atoms with E-state index in [2.05, 4.69) is 10.6 Å². The highest BCUT2D eigenvalue weighted by molar-refractivity contribution is 8.00. The van der Waals surface area contributed by atoms with Crippen LogP contribution in [0.1, 0.15) is 0 Å². The minimum Gasteiger partial charge on any atom is -0.768 e. The topological polar surface area (TPSA) is 116 Å². The lowest BCUT2D eigenvalue weighted by Gasteiger charge is -2.21. The molecule has 166 valence electrons. The first kappa shape index (κ1) is 21.7. The van der Waals surface area contributed by atoms with Crippen LogP contribution >= 0.6 is 23.5 Å². The van der Waals surface area contributed by atoms with E-state index in [0.29, 0.717) is 4.90 Å². The van der Waals surface area contributed by atoms with Gasteiger partial charge in [0, 0.05) is 35.9 Å². The molecule has 0 radical (unpaired) electrons. The number of fused-ring (bicyclic) bond motifs is 4. The normalized spacial score (nSPS) is 13.5. The van der Waals surface area contributed by atoms with E-state index in [9.17, 15) is 8.76 Å². The van der Waals surface area contributed by atoms with Gasteiger partial charge in [0.1, 0.15) is 0 Å². The molecule has 6 nitrogen and oxygen atoms in total. The van der Waals surface area contributed by atoms with Crippen molar-refractivity contribution < 1.29 is 8.76 Å². The third-order valence-corrected chi connectivity index (χ3v) is 7.91. The first-order valence-corrected chi connectivity index (χ1v) is 12.7. The van der Waals surface area contributed by atoms with Crippen molar-refractivity contribution in [1.82, 2.24) is 0 Å². The number of para-hydroxylation sites is 1. The molecule has 4 aromatic carbocycles. The molecule has 33 heavy (non-hydrogen) atoms. The summed E-state index contributed by atoms with van der Waals surface area (Å²) in [6, 6.07) is 24.8. The molecule has 0 fully saturated rings. The van der Waals surface area contributed by atoms with Crippen molar-refractivity contribution in [2.45, 2.75) is 24.5 Å². The summed E-state index contributed by atoms with van der Waals surface area (Å²) in [5.74, 6) is 0. The van der Waals surface area contributed by atoms with Gasteiger partial charge < -0.3 is 26.7 Å². The van der Waals surface area contributed by atoms with E-state index in [4.69, 9.17) is 11.5 Å². The first-order chi connectivity index (χ1) is 16.0. The fraction of sp³-hybridized carbons (Fsp3) is 0. The van der Waals surface area contributed by atoms with E-state index in [1.54, 1.807) is 41.7 Å². The number of nitrogens with two attached hydrogens (primary N) is 2. The minimum absolute atomic E-state index is 0.317. The van der Waals surface area contributed by atoms with Crippen LogP contribution < -0.4 is 22.1 Å². The minimum atomic E-state index is -2.18. The summed E-state index contributed by atoms with van der Waals surface area (Å²) in [7, 11) is 0. The molecule has 9 heteroatoms. The van der Waals surface area contributed by atoms with Gasteiger partial charge in [-0.15, -0.1) is 0 Å². The van der Waals surface area contributed by atoms with Gasteiger partial charge in [0.05, 0.1) is 22.7 Å². The molecule has 2 aliphatic rings. The second-order valence-electron chi connectivity index (χ2n) is 7.35. The average molecular weight is 492 g/mol. The van der Waals surface area contributed by atoms with Crippen LogP contribution in [0.3, 0.4) is 0 Å². The first-order valence-electron chi connectivity index (χ1n) is 9.97. The molecular weight excluding hydrogens is 472 g/mol. The summed E-state index contributed by atoms with van der Waals surface area (Å²) in [6.45, 7) is 0. The van der Waals surface area contributed by atoms with Crippen molar-refractivity contribution in [2.24, 2.45) is 0 Å². The zero-order chi connectivity index (χ0) is 22.9. The predicted octanol–water partition coefficient (Wildman–Crippen LogP) is 6.19. The van der Waals surface area contributed by atoms with Crippen LogP contribution in [-0.4, -0.2) is 8.76 Å². The van der Waals surface area contributed by atoms with E-state index >= 15 is 0 Å². The quantitative estimate of drug-likeness (QED) is 0.159. The van der Waals surface area contributed by atoms with Crippen LogP contribution in [0.25, 0.3) is 0 Å². The maximum Gasteiger partial charge on any atom is 0.0527 e. The Hall–Kier alpha value is -3.11. The molecule has 0 spiro atoms. The Morgan fingerprint density at radius 1 is 0.636 bits per heavy atom. The van der Waals surface area contributed by atoms with Crippen LogP contribution in [0.15, 0.2) is 103 Å². The summed E-state index contributed by atoms with van der Waals surface area (Å²) in [6.07, 6.45) is 0. The van der Waals surface area contributed by atoms with E-state index < -0.39 is 11.1 Å². The lowest BCUT2D eigenvalue weighted by Crippen LogP contribution is -2.01. The van der Waals surface area contributed by atoms with Gasteiger partial charge in [-0.3, -0.25) is 4.21 Å². The number of hydrogen-bond acceptors (Lipinski definition) is 8. The number of benzene rings is 4. The van der Waals surface area contributed by atoms with Crippen LogP contribution in [0.5, 0.6) is 0 Å². The summed E-state index contributed by atoms with van der Waals surface area (Å²) in [5, 5.41) is 6.65. The molecule has 1 atom stereocenters.